The molecule has 4 rings (SSSR count). The molecule has 1 fully saturated rings. The molecule has 2 aromatic carbocycles. The molecule has 0 radical (unpaired) electrons. The van der Waals surface area contributed by atoms with E-state index < -0.39 is 0 Å². The smallest absolute Gasteiger partial charge is 0.270 e. The number of carbonyl (C=O) groups is 1. The first-order valence-electron chi connectivity index (χ1n) is 8.34. The maximum absolute atomic E-state index is 13.1. The number of carbonyl (C=O) groups excluding carboxylic acids is 1. The van der Waals surface area contributed by atoms with Crippen LogP contribution in [0, 0.1) is 6.92 Å². The van der Waals surface area contributed by atoms with Gasteiger partial charge in [-0.25, -0.2) is 0 Å². The first kappa shape index (κ1) is 17.1. The van der Waals surface area contributed by atoms with Gasteiger partial charge in [-0.05, 0) is 48.2 Å². The zero-order valence-electron chi connectivity index (χ0n) is 14.4. The lowest BCUT2D eigenvalue weighted by Gasteiger charge is -2.20. The zero-order valence-corrected chi connectivity index (χ0v) is 16.1. The first-order valence-corrected chi connectivity index (χ1v) is 9.57. The van der Waals surface area contributed by atoms with Gasteiger partial charge in [-0.2, -0.15) is 0 Å². The number of rotatable bonds is 3. The SMILES string of the molecule is CCc1cccc(C)c1N1C(=O)C(=Cc2ccc3c(c2)OCO3)SC1=S. The molecular weight excluding hydrogens is 366 g/mol. The Balaban J connectivity index is 1.70. The summed E-state index contributed by atoms with van der Waals surface area (Å²) < 4.78 is 11.3. The maximum Gasteiger partial charge on any atom is 0.270 e. The van der Waals surface area contributed by atoms with Crippen LogP contribution in [-0.2, 0) is 11.2 Å². The number of thiocarbonyl (C=S) groups is 1. The lowest BCUT2D eigenvalue weighted by atomic mass is 10.0. The van der Waals surface area contributed by atoms with Crippen LogP contribution in [0.5, 0.6) is 11.5 Å². The van der Waals surface area contributed by atoms with Crippen molar-refractivity contribution in [3.8, 4) is 11.5 Å². The van der Waals surface area contributed by atoms with Gasteiger partial charge in [0, 0.05) is 0 Å². The second-order valence-corrected chi connectivity index (χ2v) is 7.74. The lowest BCUT2D eigenvalue weighted by Crippen LogP contribution is -2.29. The third kappa shape index (κ3) is 2.89. The highest BCUT2D eigenvalue weighted by Gasteiger charge is 2.35. The fourth-order valence-corrected chi connectivity index (χ4v) is 4.41. The van der Waals surface area contributed by atoms with Crippen molar-refractivity contribution in [1.82, 2.24) is 0 Å². The van der Waals surface area contributed by atoms with Crippen LogP contribution in [0.3, 0.4) is 0 Å². The normalized spacial score (nSPS) is 17.5. The summed E-state index contributed by atoms with van der Waals surface area (Å²) in [5.74, 6) is 1.34. The van der Waals surface area contributed by atoms with Crippen LogP contribution in [-0.4, -0.2) is 17.0 Å². The quantitative estimate of drug-likeness (QED) is 0.568. The molecule has 0 aliphatic carbocycles. The van der Waals surface area contributed by atoms with Gasteiger partial charge >= 0.3 is 0 Å². The van der Waals surface area contributed by atoms with Crippen LogP contribution in [0.2, 0.25) is 0 Å². The standard InChI is InChI=1S/C20H17NO3S2/c1-3-14-6-4-5-12(2)18(14)21-19(22)17(26-20(21)25)10-13-7-8-15-16(9-13)24-11-23-15/h4-10H,3,11H2,1-2H3. The first-order chi connectivity index (χ1) is 12.6. The van der Waals surface area contributed by atoms with Crippen molar-refractivity contribution in [2.45, 2.75) is 20.3 Å². The average molecular weight is 383 g/mol. The lowest BCUT2D eigenvalue weighted by molar-refractivity contribution is -0.113. The Hall–Kier alpha value is -2.31. The van der Waals surface area contributed by atoms with Gasteiger partial charge in [0.1, 0.15) is 0 Å². The number of amides is 1. The number of hydrogen-bond acceptors (Lipinski definition) is 5. The van der Waals surface area contributed by atoms with E-state index in [1.165, 1.54) is 11.8 Å². The molecule has 0 atom stereocenters. The van der Waals surface area contributed by atoms with Crippen LogP contribution in [0.15, 0.2) is 41.3 Å². The van der Waals surface area contributed by atoms with Gasteiger partial charge in [0.05, 0.1) is 10.6 Å². The predicted octanol–water partition coefficient (Wildman–Crippen LogP) is 4.69. The topological polar surface area (TPSA) is 38.8 Å². The fourth-order valence-electron chi connectivity index (χ4n) is 3.14. The molecule has 4 nitrogen and oxygen atoms in total. The minimum atomic E-state index is -0.0818. The van der Waals surface area contributed by atoms with Crippen LogP contribution in [0.4, 0.5) is 5.69 Å². The summed E-state index contributed by atoms with van der Waals surface area (Å²) in [5, 5.41) is 0. The van der Waals surface area contributed by atoms with Crippen molar-refractivity contribution in [1.29, 1.82) is 0 Å². The monoisotopic (exact) mass is 383 g/mol. The van der Waals surface area contributed by atoms with E-state index in [2.05, 4.69) is 6.92 Å². The Morgan fingerprint density at radius 2 is 2.04 bits per heavy atom. The van der Waals surface area contributed by atoms with E-state index in [9.17, 15) is 4.79 Å². The van der Waals surface area contributed by atoms with Crippen molar-refractivity contribution in [2.24, 2.45) is 0 Å². The van der Waals surface area contributed by atoms with Gasteiger partial charge in [0.15, 0.2) is 15.8 Å². The van der Waals surface area contributed by atoms with Gasteiger partial charge in [0.2, 0.25) is 6.79 Å². The predicted molar refractivity (Wildman–Crippen MR) is 109 cm³/mol. The summed E-state index contributed by atoms with van der Waals surface area (Å²) in [6.45, 7) is 4.32. The van der Waals surface area contributed by atoms with Crippen LogP contribution in [0.25, 0.3) is 6.08 Å². The summed E-state index contributed by atoms with van der Waals surface area (Å²) in [6, 6.07) is 11.7. The number of ether oxygens (including phenoxy) is 2. The van der Waals surface area contributed by atoms with E-state index in [4.69, 9.17) is 21.7 Å². The number of para-hydroxylation sites is 1. The van der Waals surface area contributed by atoms with Gasteiger partial charge in [-0.1, -0.05) is 55.2 Å². The average Bonchev–Trinajstić information content (AvgIpc) is 3.20. The van der Waals surface area contributed by atoms with Crippen LogP contribution in [0.1, 0.15) is 23.6 Å². The van der Waals surface area contributed by atoms with E-state index in [0.717, 1.165) is 34.5 Å². The largest absolute Gasteiger partial charge is 0.454 e. The second kappa shape index (κ2) is 6.78. The minimum absolute atomic E-state index is 0.0818. The Morgan fingerprint density at radius 1 is 1.23 bits per heavy atom. The molecule has 132 valence electrons. The van der Waals surface area contributed by atoms with Gasteiger partial charge in [0.25, 0.3) is 5.91 Å². The molecule has 0 aromatic heterocycles. The minimum Gasteiger partial charge on any atom is -0.454 e. The highest BCUT2D eigenvalue weighted by atomic mass is 32.2. The van der Waals surface area contributed by atoms with Crippen LogP contribution >= 0.6 is 24.0 Å². The maximum atomic E-state index is 13.1. The number of benzene rings is 2. The molecule has 0 N–H and O–H groups in total. The molecule has 0 spiro atoms. The van der Waals surface area contributed by atoms with E-state index in [0.29, 0.717) is 15.0 Å². The number of thioether (sulfide) groups is 1. The van der Waals surface area contributed by atoms with Crippen molar-refractivity contribution in [2.75, 3.05) is 11.7 Å². The fraction of sp³-hybridized carbons (Fsp3) is 0.200. The Morgan fingerprint density at radius 3 is 2.85 bits per heavy atom. The summed E-state index contributed by atoms with van der Waals surface area (Å²) in [4.78, 5) is 15.3. The summed E-state index contributed by atoms with van der Waals surface area (Å²) in [6.07, 6.45) is 2.69. The molecule has 2 aliphatic heterocycles. The molecule has 0 bridgehead atoms. The van der Waals surface area contributed by atoms with Crippen LogP contribution < -0.4 is 14.4 Å². The van der Waals surface area contributed by atoms with Crippen molar-refractivity contribution in [3.05, 3.63) is 58.0 Å². The van der Waals surface area contributed by atoms with Gasteiger partial charge < -0.3 is 9.47 Å². The van der Waals surface area contributed by atoms with Crippen molar-refractivity contribution < 1.29 is 14.3 Å². The Labute approximate surface area is 161 Å². The molecule has 0 unspecified atom stereocenters. The van der Waals surface area contributed by atoms with E-state index in [-0.39, 0.29) is 12.7 Å². The molecule has 2 aliphatic rings. The molecule has 2 heterocycles. The summed E-state index contributed by atoms with van der Waals surface area (Å²) >= 11 is 6.85. The third-order valence-corrected chi connectivity index (χ3v) is 5.72. The number of aryl methyl sites for hydroxylation is 2. The summed E-state index contributed by atoms with van der Waals surface area (Å²) in [7, 11) is 0. The molecule has 1 amide bonds. The molecule has 0 saturated carbocycles. The highest BCUT2D eigenvalue weighted by Crippen LogP contribution is 2.40. The Bertz CT molecular complexity index is 952. The summed E-state index contributed by atoms with van der Waals surface area (Å²) in [5.41, 5.74) is 3.96. The third-order valence-electron chi connectivity index (χ3n) is 4.41. The Kier molecular flexibility index (Phi) is 4.46. The highest BCUT2D eigenvalue weighted by molar-refractivity contribution is 8.27. The van der Waals surface area contributed by atoms with E-state index in [1.807, 2.05) is 49.4 Å². The number of nitrogens with zero attached hydrogens (tertiary/aromatic N) is 1. The van der Waals surface area contributed by atoms with E-state index in [1.54, 1.807) is 4.90 Å². The molecule has 1 saturated heterocycles. The molecular formula is C20H17NO3S2. The van der Waals surface area contributed by atoms with Gasteiger partial charge in [-0.3, -0.25) is 9.69 Å². The number of hydrogen-bond donors (Lipinski definition) is 0. The number of fused-ring (bicyclic) bond motifs is 1. The van der Waals surface area contributed by atoms with Crippen molar-refractivity contribution >= 4 is 46.0 Å². The number of anilines is 1. The zero-order chi connectivity index (χ0) is 18.3. The van der Waals surface area contributed by atoms with E-state index >= 15 is 0 Å². The van der Waals surface area contributed by atoms with Crippen molar-refractivity contribution in [3.63, 3.8) is 0 Å². The molecule has 6 heteroatoms. The van der Waals surface area contributed by atoms with Gasteiger partial charge in [-0.15, -0.1) is 0 Å². The second-order valence-electron chi connectivity index (χ2n) is 6.07. The molecule has 2 aromatic rings. The molecule has 26 heavy (non-hydrogen) atoms.